The summed E-state index contributed by atoms with van der Waals surface area (Å²) >= 11 is 1.53. The van der Waals surface area contributed by atoms with E-state index < -0.39 is 6.04 Å². The van der Waals surface area contributed by atoms with Gasteiger partial charge in [-0.25, -0.2) is 4.79 Å². The molecule has 136 valence electrons. The summed E-state index contributed by atoms with van der Waals surface area (Å²) in [4.78, 5) is 25.7. The van der Waals surface area contributed by atoms with Gasteiger partial charge in [-0.3, -0.25) is 9.48 Å². The number of thiophene rings is 1. The molecule has 0 radical (unpaired) electrons. The SMILES string of the molecule is CC1=C(C(=O)NCC2(Cn3cccn3)CC2)[C@@H](c2cccs2)NC(=O)N1. The van der Waals surface area contributed by atoms with Gasteiger partial charge in [-0.15, -0.1) is 11.3 Å². The average Bonchev–Trinajstić information content (AvgIpc) is 3.03. The first-order valence-corrected chi connectivity index (χ1v) is 9.52. The van der Waals surface area contributed by atoms with Crippen LogP contribution in [0.3, 0.4) is 0 Å². The van der Waals surface area contributed by atoms with Crippen LogP contribution in [0.2, 0.25) is 0 Å². The third-order valence-electron chi connectivity index (χ3n) is 4.98. The van der Waals surface area contributed by atoms with Crippen molar-refractivity contribution in [3.63, 3.8) is 0 Å². The Morgan fingerprint density at radius 1 is 1.46 bits per heavy atom. The van der Waals surface area contributed by atoms with Crippen molar-refractivity contribution in [2.75, 3.05) is 6.54 Å². The largest absolute Gasteiger partial charge is 0.352 e. The molecule has 7 nitrogen and oxygen atoms in total. The Balaban J connectivity index is 1.47. The molecule has 1 saturated carbocycles. The highest BCUT2D eigenvalue weighted by molar-refractivity contribution is 7.10. The zero-order valence-electron chi connectivity index (χ0n) is 14.5. The third kappa shape index (κ3) is 3.37. The fourth-order valence-electron chi connectivity index (χ4n) is 3.33. The van der Waals surface area contributed by atoms with Crippen LogP contribution >= 0.6 is 11.3 Å². The molecule has 2 aromatic rings. The van der Waals surface area contributed by atoms with Crippen LogP contribution in [0.1, 0.15) is 30.7 Å². The molecular formula is C18H21N5O2S. The quantitative estimate of drug-likeness (QED) is 0.727. The van der Waals surface area contributed by atoms with Gasteiger partial charge in [-0.1, -0.05) is 6.07 Å². The van der Waals surface area contributed by atoms with Crippen LogP contribution < -0.4 is 16.0 Å². The van der Waals surface area contributed by atoms with Crippen molar-refractivity contribution >= 4 is 23.3 Å². The van der Waals surface area contributed by atoms with Gasteiger partial charge in [-0.2, -0.15) is 5.10 Å². The Hall–Kier alpha value is -2.61. The summed E-state index contributed by atoms with van der Waals surface area (Å²) in [6, 6.07) is 5.06. The van der Waals surface area contributed by atoms with Gasteiger partial charge in [0.1, 0.15) is 0 Å². The van der Waals surface area contributed by atoms with Crippen LogP contribution in [0, 0.1) is 5.41 Å². The summed E-state index contributed by atoms with van der Waals surface area (Å²) in [5.41, 5.74) is 1.25. The van der Waals surface area contributed by atoms with Crippen LogP contribution in [0.4, 0.5) is 4.79 Å². The summed E-state index contributed by atoms with van der Waals surface area (Å²) in [5, 5.41) is 14.9. The molecule has 2 aliphatic rings. The van der Waals surface area contributed by atoms with E-state index in [-0.39, 0.29) is 17.4 Å². The monoisotopic (exact) mass is 371 g/mol. The summed E-state index contributed by atoms with van der Waals surface area (Å²) in [7, 11) is 0. The summed E-state index contributed by atoms with van der Waals surface area (Å²) in [6.07, 6.45) is 5.87. The molecule has 1 atom stereocenters. The van der Waals surface area contributed by atoms with Gasteiger partial charge in [0, 0.05) is 41.5 Å². The van der Waals surface area contributed by atoms with Gasteiger partial charge < -0.3 is 16.0 Å². The number of hydrogen-bond acceptors (Lipinski definition) is 4. The van der Waals surface area contributed by atoms with E-state index in [0.717, 1.165) is 24.3 Å². The first kappa shape index (κ1) is 16.8. The topological polar surface area (TPSA) is 88.1 Å². The number of urea groups is 1. The molecule has 2 aromatic heterocycles. The molecule has 1 fully saturated rings. The Bertz CT molecular complexity index is 837. The number of nitrogens with zero attached hydrogens (tertiary/aromatic N) is 2. The molecule has 0 unspecified atom stereocenters. The minimum Gasteiger partial charge on any atom is -0.352 e. The minimum atomic E-state index is -0.412. The summed E-state index contributed by atoms with van der Waals surface area (Å²) in [5.74, 6) is -0.139. The fourth-order valence-corrected chi connectivity index (χ4v) is 4.12. The highest BCUT2D eigenvalue weighted by Gasteiger charge is 2.44. The maximum absolute atomic E-state index is 12.9. The van der Waals surface area contributed by atoms with Crippen molar-refractivity contribution < 1.29 is 9.59 Å². The fraction of sp³-hybridized carbons (Fsp3) is 0.389. The molecule has 0 spiro atoms. The number of aromatic nitrogens is 2. The molecular weight excluding hydrogens is 350 g/mol. The van der Waals surface area contributed by atoms with Crippen molar-refractivity contribution in [1.29, 1.82) is 0 Å². The number of hydrogen-bond donors (Lipinski definition) is 3. The smallest absolute Gasteiger partial charge is 0.319 e. The van der Waals surface area contributed by atoms with Crippen molar-refractivity contribution in [2.45, 2.75) is 32.4 Å². The molecule has 1 aliphatic carbocycles. The Morgan fingerprint density at radius 2 is 2.31 bits per heavy atom. The third-order valence-corrected chi connectivity index (χ3v) is 5.92. The number of carbonyl (C=O) groups is 2. The number of nitrogens with one attached hydrogen (secondary N) is 3. The van der Waals surface area contributed by atoms with E-state index in [1.807, 2.05) is 34.5 Å². The molecule has 3 heterocycles. The van der Waals surface area contributed by atoms with E-state index >= 15 is 0 Å². The number of allylic oxidation sites excluding steroid dienone is 1. The van der Waals surface area contributed by atoms with Gasteiger partial charge in [0.15, 0.2) is 0 Å². The molecule has 1 aliphatic heterocycles. The van der Waals surface area contributed by atoms with Crippen LogP contribution in [0.5, 0.6) is 0 Å². The second kappa shape index (κ2) is 6.60. The second-order valence-corrected chi connectivity index (χ2v) is 7.95. The zero-order valence-corrected chi connectivity index (χ0v) is 15.3. The average molecular weight is 371 g/mol. The first-order chi connectivity index (χ1) is 12.6. The Morgan fingerprint density at radius 3 is 2.96 bits per heavy atom. The maximum atomic E-state index is 12.9. The minimum absolute atomic E-state index is 0.0833. The summed E-state index contributed by atoms with van der Waals surface area (Å²) in [6.45, 7) is 3.18. The lowest BCUT2D eigenvalue weighted by Gasteiger charge is -2.28. The van der Waals surface area contributed by atoms with E-state index in [2.05, 4.69) is 21.0 Å². The van der Waals surface area contributed by atoms with E-state index in [1.165, 1.54) is 11.3 Å². The molecule has 3 N–H and O–H groups in total. The second-order valence-electron chi connectivity index (χ2n) is 6.97. The van der Waals surface area contributed by atoms with Gasteiger partial charge in [0.05, 0.1) is 11.6 Å². The number of rotatable bonds is 6. The molecule has 0 bridgehead atoms. The normalized spacial score (nSPS) is 21.1. The highest BCUT2D eigenvalue weighted by Crippen LogP contribution is 2.46. The molecule has 8 heteroatoms. The lowest BCUT2D eigenvalue weighted by atomic mass is 10.00. The van der Waals surface area contributed by atoms with Crippen molar-refractivity contribution in [1.82, 2.24) is 25.7 Å². The summed E-state index contributed by atoms with van der Waals surface area (Å²) < 4.78 is 1.92. The van der Waals surface area contributed by atoms with Crippen molar-refractivity contribution in [3.8, 4) is 0 Å². The van der Waals surface area contributed by atoms with E-state index in [1.54, 1.807) is 13.1 Å². The predicted octanol–water partition coefficient (Wildman–Crippen LogP) is 2.17. The molecule has 3 amide bonds. The molecule has 0 aromatic carbocycles. The standard InChI is InChI=1S/C18H21N5O2S/c1-12-14(15(22-17(25)21-12)13-4-2-9-26-13)16(24)19-10-18(5-6-18)11-23-8-3-7-20-23/h2-4,7-9,15H,5-6,10-11H2,1H3,(H,19,24)(H2,21,22,25)/t15-/m1/s1. The predicted molar refractivity (Wildman–Crippen MR) is 98.3 cm³/mol. The van der Waals surface area contributed by atoms with Crippen LogP contribution in [0.15, 0.2) is 47.2 Å². The molecule has 0 saturated heterocycles. The van der Waals surface area contributed by atoms with Gasteiger partial charge in [0.2, 0.25) is 0 Å². The van der Waals surface area contributed by atoms with E-state index in [9.17, 15) is 9.59 Å². The maximum Gasteiger partial charge on any atom is 0.319 e. The number of carbonyl (C=O) groups excluding carboxylic acids is 2. The van der Waals surface area contributed by atoms with Crippen LogP contribution in [-0.4, -0.2) is 28.3 Å². The van der Waals surface area contributed by atoms with Gasteiger partial charge in [-0.05, 0) is 37.3 Å². The lowest BCUT2D eigenvalue weighted by Crippen LogP contribution is -2.47. The van der Waals surface area contributed by atoms with Crippen molar-refractivity contribution in [2.24, 2.45) is 5.41 Å². The van der Waals surface area contributed by atoms with Crippen LogP contribution in [0.25, 0.3) is 0 Å². The highest BCUT2D eigenvalue weighted by atomic mass is 32.1. The van der Waals surface area contributed by atoms with Crippen LogP contribution in [-0.2, 0) is 11.3 Å². The lowest BCUT2D eigenvalue weighted by molar-refractivity contribution is -0.118. The Labute approximate surface area is 155 Å². The molecule has 4 rings (SSSR count). The van der Waals surface area contributed by atoms with Gasteiger partial charge >= 0.3 is 6.03 Å². The first-order valence-electron chi connectivity index (χ1n) is 8.64. The molecule has 26 heavy (non-hydrogen) atoms. The Kier molecular flexibility index (Phi) is 4.28. The van der Waals surface area contributed by atoms with Crippen molar-refractivity contribution in [3.05, 3.63) is 52.1 Å². The zero-order chi connectivity index (χ0) is 18.1. The number of amides is 3. The van der Waals surface area contributed by atoms with E-state index in [0.29, 0.717) is 17.8 Å². The van der Waals surface area contributed by atoms with Gasteiger partial charge in [0.25, 0.3) is 5.91 Å². The van der Waals surface area contributed by atoms with E-state index in [4.69, 9.17) is 0 Å².